The molecular formula is C24H35FN2O4. The molecule has 2 saturated heterocycles. The molecule has 0 radical (unpaired) electrons. The van der Waals surface area contributed by atoms with E-state index in [-0.39, 0.29) is 29.7 Å². The van der Waals surface area contributed by atoms with Crippen molar-refractivity contribution in [3.05, 3.63) is 29.6 Å². The summed E-state index contributed by atoms with van der Waals surface area (Å²) in [5, 5.41) is 0. The molecule has 0 N–H and O–H groups in total. The molecule has 2 aliphatic rings. The number of carbonyl (C=O) groups is 2. The van der Waals surface area contributed by atoms with Gasteiger partial charge in [-0.1, -0.05) is 6.07 Å². The first-order chi connectivity index (χ1) is 14.7. The second kappa shape index (κ2) is 9.88. The van der Waals surface area contributed by atoms with Gasteiger partial charge in [-0.3, -0.25) is 4.79 Å². The highest BCUT2D eigenvalue weighted by molar-refractivity contribution is 5.73. The molecule has 0 aromatic heterocycles. The molecule has 172 valence electrons. The highest BCUT2D eigenvalue weighted by atomic mass is 19.1. The second-order valence-corrected chi connectivity index (χ2v) is 9.46. The summed E-state index contributed by atoms with van der Waals surface area (Å²) in [7, 11) is 0. The first-order valence-electron chi connectivity index (χ1n) is 11.4. The predicted molar refractivity (Wildman–Crippen MR) is 118 cm³/mol. The molecule has 0 unspecified atom stereocenters. The van der Waals surface area contributed by atoms with Crippen LogP contribution in [0.15, 0.2) is 18.2 Å². The van der Waals surface area contributed by atoms with Gasteiger partial charge in [0.15, 0.2) is 0 Å². The van der Waals surface area contributed by atoms with E-state index in [1.165, 1.54) is 0 Å². The average molecular weight is 435 g/mol. The summed E-state index contributed by atoms with van der Waals surface area (Å²) in [5.74, 6) is -0.278. The van der Waals surface area contributed by atoms with Crippen LogP contribution in [0.1, 0.15) is 64.9 Å². The lowest BCUT2D eigenvalue weighted by atomic mass is 9.89. The van der Waals surface area contributed by atoms with E-state index in [0.717, 1.165) is 44.5 Å². The number of likely N-dealkylation sites (tertiary alicyclic amines) is 1. The number of hydrogen-bond acceptors (Lipinski definition) is 5. The zero-order valence-electron chi connectivity index (χ0n) is 19.2. The fourth-order valence-corrected chi connectivity index (χ4v) is 4.38. The quantitative estimate of drug-likeness (QED) is 0.642. The summed E-state index contributed by atoms with van der Waals surface area (Å²) in [6.45, 7) is 10.4. The number of esters is 1. The summed E-state index contributed by atoms with van der Waals surface area (Å²) in [4.78, 5) is 28.0. The summed E-state index contributed by atoms with van der Waals surface area (Å²) < 4.78 is 25.5. The Kier molecular flexibility index (Phi) is 7.44. The van der Waals surface area contributed by atoms with Crippen LogP contribution in [0.5, 0.6) is 0 Å². The van der Waals surface area contributed by atoms with E-state index in [2.05, 4.69) is 4.90 Å². The maximum absolute atomic E-state index is 15.0. The van der Waals surface area contributed by atoms with Gasteiger partial charge in [-0.2, -0.15) is 0 Å². The van der Waals surface area contributed by atoms with Crippen LogP contribution < -0.4 is 4.90 Å². The Hall–Kier alpha value is -2.31. The van der Waals surface area contributed by atoms with Crippen molar-refractivity contribution in [1.82, 2.24) is 4.90 Å². The Bertz CT molecular complexity index is 776. The van der Waals surface area contributed by atoms with Crippen LogP contribution in [0, 0.1) is 11.7 Å². The maximum atomic E-state index is 15.0. The number of hydrogen-bond donors (Lipinski definition) is 0. The van der Waals surface area contributed by atoms with Crippen LogP contribution in [0.3, 0.4) is 0 Å². The van der Waals surface area contributed by atoms with Gasteiger partial charge in [0.2, 0.25) is 0 Å². The summed E-state index contributed by atoms with van der Waals surface area (Å²) in [6, 6.07) is 5.47. The standard InChI is InChI=1S/C24H35FN2O4/c1-5-30-22(28)18-10-12-26(13-11-18)19-6-7-20(21(25)16-19)17-8-14-27(15-9-17)23(29)31-24(2,3)4/h6-7,16-18H,5,8-15H2,1-4H3. The molecule has 3 rings (SSSR count). The minimum absolute atomic E-state index is 0.0597. The number of rotatable bonds is 4. The summed E-state index contributed by atoms with van der Waals surface area (Å²) >= 11 is 0. The van der Waals surface area contributed by atoms with Crippen LogP contribution in [0.4, 0.5) is 14.9 Å². The highest BCUT2D eigenvalue weighted by Gasteiger charge is 2.30. The van der Waals surface area contributed by atoms with Crippen LogP contribution in [0.2, 0.25) is 0 Å². The van der Waals surface area contributed by atoms with Crippen molar-refractivity contribution in [2.45, 2.75) is 64.9 Å². The fourth-order valence-electron chi connectivity index (χ4n) is 4.38. The molecule has 0 spiro atoms. The molecule has 6 nitrogen and oxygen atoms in total. The van der Waals surface area contributed by atoms with Gasteiger partial charge in [-0.15, -0.1) is 0 Å². The third kappa shape index (κ3) is 6.11. The largest absolute Gasteiger partial charge is 0.466 e. The number of carbonyl (C=O) groups excluding carboxylic acids is 2. The van der Waals surface area contributed by atoms with Gasteiger partial charge < -0.3 is 19.3 Å². The molecule has 2 heterocycles. The third-order valence-corrected chi connectivity index (χ3v) is 6.05. The molecule has 1 aromatic rings. The molecule has 0 aliphatic carbocycles. The molecule has 7 heteroatoms. The molecule has 1 amide bonds. The molecule has 0 saturated carbocycles. The Balaban J connectivity index is 1.55. The van der Waals surface area contributed by atoms with Crippen LogP contribution in [-0.4, -0.2) is 55.3 Å². The molecule has 0 bridgehead atoms. The molecular weight excluding hydrogens is 399 g/mol. The normalized spacial score (nSPS) is 18.7. The van der Waals surface area contributed by atoms with Crippen molar-refractivity contribution < 1.29 is 23.5 Å². The monoisotopic (exact) mass is 434 g/mol. The first kappa shape index (κ1) is 23.4. The van der Waals surface area contributed by atoms with Crippen LogP contribution >= 0.6 is 0 Å². The van der Waals surface area contributed by atoms with E-state index < -0.39 is 5.60 Å². The minimum atomic E-state index is -0.513. The number of benzene rings is 1. The molecule has 0 atom stereocenters. The zero-order valence-corrected chi connectivity index (χ0v) is 19.2. The smallest absolute Gasteiger partial charge is 0.410 e. The van der Waals surface area contributed by atoms with E-state index in [4.69, 9.17) is 9.47 Å². The van der Waals surface area contributed by atoms with Gasteiger partial charge in [0, 0.05) is 31.9 Å². The van der Waals surface area contributed by atoms with Gasteiger partial charge in [0.1, 0.15) is 11.4 Å². The molecule has 2 aliphatic heterocycles. The van der Waals surface area contributed by atoms with E-state index in [1.807, 2.05) is 39.8 Å². The van der Waals surface area contributed by atoms with Crippen molar-refractivity contribution in [2.75, 3.05) is 37.7 Å². The van der Waals surface area contributed by atoms with Crippen LogP contribution in [-0.2, 0) is 14.3 Å². The van der Waals surface area contributed by atoms with Crippen molar-refractivity contribution >= 4 is 17.7 Å². The summed E-state index contributed by atoms with van der Waals surface area (Å²) in [6.07, 6.45) is 2.60. The first-order valence-corrected chi connectivity index (χ1v) is 11.4. The van der Waals surface area contributed by atoms with Gasteiger partial charge in [0.25, 0.3) is 0 Å². The van der Waals surface area contributed by atoms with Gasteiger partial charge in [-0.05, 0) is 77.0 Å². The van der Waals surface area contributed by atoms with E-state index in [0.29, 0.717) is 25.3 Å². The number of ether oxygens (including phenoxy) is 2. The van der Waals surface area contributed by atoms with E-state index >= 15 is 0 Å². The topological polar surface area (TPSA) is 59.1 Å². The third-order valence-electron chi connectivity index (χ3n) is 6.05. The maximum Gasteiger partial charge on any atom is 0.410 e. The Morgan fingerprint density at radius 2 is 1.71 bits per heavy atom. The Labute approximate surface area is 184 Å². The second-order valence-electron chi connectivity index (χ2n) is 9.46. The number of amides is 1. The van der Waals surface area contributed by atoms with E-state index in [9.17, 15) is 14.0 Å². The lowest BCUT2D eigenvalue weighted by Crippen LogP contribution is -2.41. The Morgan fingerprint density at radius 3 is 2.26 bits per heavy atom. The minimum Gasteiger partial charge on any atom is -0.466 e. The Morgan fingerprint density at radius 1 is 1.06 bits per heavy atom. The summed E-state index contributed by atoms with van der Waals surface area (Å²) in [5.41, 5.74) is 1.06. The highest BCUT2D eigenvalue weighted by Crippen LogP contribution is 2.33. The van der Waals surface area contributed by atoms with Gasteiger partial charge in [-0.25, -0.2) is 9.18 Å². The SMILES string of the molecule is CCOC(=O)C1CCN(c2ccc(C3CCN(C(=O)OC(C)(C)C)CC3)c(F)c2)CC1. The van der Waals surface area contributed by atoms with Crippen LogP contribution in [0.25, 0.3) is 0 Å². The van der Waals surface area contributed by atoms with E-state index in [1.54, 1.807) is 11.0 Å². The van der Waals surface area contributed by atoms with Gasteiger partial charge in [0.05, 0.1) is 12.5 Å². The fraction of sp³-hybridized carbons (Fsp3) is 0.667. The number of piperidine rings is 2. The lowest BCUT2D eigenvalue weighted by molar-refractivity contribution is -0.148. The van der Waals surface area contributed by atoms with Crippen molar-refractivity contribution in [1.29, 1.82) is 0 Å². The molecule has 2 fully saturated rings. The lowest BCUT2D eigenvalue weighted by Gasteiger charge is -2.34. The molecule has 31 heavy (non-hydrogen) atoms. The van der Waals surface area contributed by atoms with Gasteiger partial charge >= 0.3 is 12.1 Å². The zero-order chi connectivity index (χ0) is 22.6. The van der Waals surface area contributed by atoms with Crippen molar-refractivity contribution in [2.24, 2.45) is 5.92 Å². The average Bonchev–Trinajstić information content (AvgIpc) is 2.73. The molecule has 1 aromatic carbocycles. The number of anilines is 1. The number of halogens is 1. The van der Waals surface area contributed by atoms with Crippen molar-refractivity contribution in [3.8, 4) is 0 Å². The van der Waals surface area contributed by atoms with Crippen molar-refractivity contribution in [3.63, 3.8) is 0 Å². The predicted octanol–water partition coefficient (Wildman–Crippen LogP) is 4.72. The number of nitrogens with zero attached hydrogens (tertiary/aromatic N) is 2.